The highest BCUT2D eigenvalue weighted by Crippen LogP contribution is 2.37. The molecule has 1 aromatic heterocycles. The van der Waals surface area contributed by atoms with Crippen molar-refractivity contribution < 1.29 is 9.53 Å². The number of aryl methyl sites for hydroxylation is 1. The lowest BCUT2D eigenvalue weighted by molar-refractivity contribution is -0.119. The van der Waals surface area contributed by atoms with Crippen LogP contribution in [0.2, 0.25) is 4.34 Å². The number of thiophene rings is 1. The number of halogens is 1. The van der Waals surface area contributed by atoms with E-state index < -0.39 is 0 Å². The Labute approximate surface area is 152 Å². The van der Waals surface area contributed by atoms with Gasteiger partial charge in [-0.2, -0.15) is 0 Å². The maximum absolute atomic E-state index is 12.9. The minimum atomic E-state index is 0.170. The highest BCUT2D eigenvalue weighted by atomic mass is 35.5. The summed E-state index contributed by atoms with van der Waals surface area (Å²) in [5.41, 5.74) is 0.949. The zero-order valence-electron chi connectivity index (χ0n) is 14.0. The molecule has 1 aliphatic rings. The third kappa shape index (κ3) is 4.11. The summed E-state index contributed by atoms with van der Waals surface area (Å²) in [6.45, 7) is 2.15. The molecule has 1 unspecified atom stereocenters. The smallest absolute Gasteiger partial charge is 0.227 e. The number of methoxy groups -OCH3 is 1. The van der Waals surface area contributed by atoms with Gasteiger partial charge in [0.2, 0.25) is 5.91 Å². The molecule has 1 heterocycles. The fraction of sp³-hybridized carbons (Fsp3) is 0.421. The van der Waals surface area contributed by atoms with Gasteiger partial charge in [0.1, 0.15) is 5.75 Å². The van der Waals surface area contributed by atoms with Crippen molar-refractivity contribution in [1.29, 1.82) is 0 Å². The number of carbonyl (C=O) groups excluding carboxylic acids is 1. The molecule has 24 heavy (non-hydrogen) atoms. The first kappa shape index (κ1) is 17.3. The van der Waals surface area contributed by atoms with Crippen molar-refractivity contribution in [2.75, 3.05) is 12.0 Å². The number of amides is 1. The van der Waals surface area contributed by atoms with Gasteiger partial charge >= 0.3 is 0 Å². The van der Waals surface area contributed by atoms with Gasteiger partial charge in [-0.05, 0) is 68.5 Å². The number of ether oxygens (including phenoxy) is 1. The average Bonchev–Trinajstić information content (AvgIpc) is 3.36. The molecule has 3 rings (SSSR count). The second-order valence-corrected chi connectivity index (χ2v) is 8.05. The van der Waals surface area contributed by atoms with Crippen LogP contribution >= 0.6 is 22.9 Å². The minimum absolute atomic E-state index is 0.170. The molecule has 2 aromatic rings. The van der Waals surface area contributed by atoms with Gasteiger partial charge in [-0.3, -0.25) is 4.79 Å². The molecule has 1 atom stereocenters. The zero-order valence-corrected chi connectivity index (χ0v) is 15.6. The standard InChI is InChI=1S/C19H22ClNO2S/c1-13(14-3-4-14)21(15-5-7-16(23-2)8-6-15)19(22)12-10-17-9-11-18(20)24-17/h5-9,11,13-14H,3-4,10,12H2,1-2H3. The Hall–Kier alpha value is -1.52. The van der Waals surface area contributed by atoms with Gasteiger partial charge in [-0.15, -0.1) is 11.3 Å². The Bertz CT molecular complexity index is 694. The first-order chi connectivity index (χ1) is 11.6. The number of hydrogen-bond acceptors (Lipinski definition) is 3. The van der Waals surface area contributed by atoms with Crippen LogP contribution in [-0.4, -0.2) is 19.1 Å². The van der Waals surface area contributed by atoms with E-state index in [2.05, 4.69) is 6.92 Å². The van der Waals surface area contributed by atoms with Crippen molar-refractivity contribution in [3.05, 3.63) is 45.6 Å². The Morgan fingerprint density at radius 1 is 1.29 bits per heavy atom. The number of nitrogens with zero attached hydrogens (tertiary/aromatic N) is 1. The van der Waals surface area contributed by atoms with Crippen LogP contribution < -0.4 is 9.64 Å². The Morgan fingerprint density at radius 3 is 2.54 bits per heavy atom. The molecule has 1 aromatic carbocycles. The molecule has 0 aliphatic heterocycles. The van der Waals surface area contributed by atoms with Crippen molar-refractivity contribution in [2.45, 2.75) is 38.6 Å². The molecule has 0 radical (unpaired) electrons. The third-order valence-corrected chi connectivity index (χ3v) is 5.84. The van der Waals surface area contributed by atoms with E-state index in [0.717, 1.165) is 27.1 Å². The van der Waals surface area contributed by atoms with E-state index in [1.807, 2.05) is 41.3 Å². The molecule has 0 bridgehead atoms. The summed E-state index contributed by atoms with van der Waals surface area (Å²) < 4.78 is 6.00. The van der Waals surface area contributed by atoms with Gasteiger partial charge in [-0.1, -0.05) is 11.6 Å². The summed E-state index contributed by atoms with van der Waals surface area (Å²) in [7, 11) is 1.65. The van der Waals surface area contributed by atoms with E-state index in [0.29, 0.717) is 12.3 Å². The van der Waals surface area contributed by atoms with Crippen LogP contribution in [0.15, 0.2) is 36.4 Å². The molecule has 3 nitrogen and oxygen atoms in total. The number of anilines is 1. The Balaban J connectivity index is 1.74. The van der Waals surface area contributed by atoms with E-state index in [9.17, 15) is 4.79 Å². The van der Waals surface area contributed by atoms with Gasteiger partial charge in [0.05, 0.1) is 11.4 Å². The minimum Gasteiger partial charge on any atom is -0.497 e. The van der Waals surface area contributed by atoms with Crippen LogP contribution in [0, 0.1) is 5.92 Å². The summed E-state index contributed by atoms with van der Waals surface area (Å²) in [5.74, 6) is 1.59. The van der Waals surface area contributed by atoms with Crippen LogP contribution in [0.25, 0.3) is 0 Å². The first-order valence-electron chi connectivity index (χ1n) is 8.29. The van der Waals surface area contributed by atoms with Crippen molar-refractivity contribution >= 4 is 34.5 Å². The van der Waals surface area contributed by atoms with Crippen LogP contribution in [0.1, 0.15) is 31.1 Å². The second kappa shape index (κ2) is 7.58. The highest BCUT2D eigenvalue weighted by Gasteiger charge is 2.34. The highest BCUT2D eigenvalue weighted by molar-refractivity contribution is 7.16. The van der Waals surface area contributed by atoms with Gasteiger partial charge in [0.25, 0.3) is 0 Å². The fourth-order valence-corrected chi connectivity index (χ4v) is 4.06. The molecule has 1 saturated carbocycles. The molecule has 128 valence electrons. The van der Waals surface area contributed by atoms with E-state index in [1.165, 1.54) is 12.8 Å². The van der Waals surface area contributed by atoms with Gasteiger partial charge < -0.3 is 9.64 Å². The molecule has 0 N–H and O–H groups in total. The largest absolute Gasteiger partial charge is 0.497 e. The summed E-state index contributed by atoms with van der Waals surface area (Å²) in [6.07, 6.45) is 3.66. The monoisotopic (exact) mass is 363 g/mol. The predicted octanol–water partition coefficient (Wildman–Crippen LogP) is 5.17. The summed E-state index contributed by atoms with van der Waals surface area (Å²) >= 11 is 7.52. The third-order valence-electron chi connectivity index (χ3n) is 4.54. The molecular weight excluding hydrogens is 342 g/mol. The molecule has 5 heteroatoms. The number of carbonyl (C=O) groups is 1. The van der Waals surface area contributed by atoms with E-state index in [-0.39, 0.29) is 11.9 Å². The maximum Gasteiger partial charge on any atom is 0.227 e. The number of hydrogen-bond donors (Lipinski definition) is 0. The molecule has 1 amide bonds. The molecular formula is C19H22ClNO2S. The lowest BCUT2D eigenvalue weighted by Crippen LogP contribution is -2.40. The normalized spacial score (nSPS) is 15.1. The maximum atomic E-state index is 12.9. The van der Waals surface area contributed by atoms with Gasteiger partial charge in [0.15, 0.2) is 0 Å². The first-order valence-corrected chi connectivity index (χ1v) is 9.48. The second-order valence-electron chi connectivity index (χ2n) is 6.25. The number of rotatable bonds is 7. The van der Waals surface area contributed by atoms with Gasteiger partial charge in [-0.25, -0.2) is 0 Å². The molecule has 0 spiro atoms. The molecule has 1 aliphatic carbocycles. The number of benzene rings is 1. The van der Waals surface area contributed by atoms with Crippen LogP contribution in [0.5, 0.6) is 5.75 Å². The quantitative estimate of drug-likeness (QED) is 0.678. The average molecular weight is 364 g/mol. The SMILES string of the molecule is COc1ccc(N(C(=O)CCc2ccc(Cl)s2)C(C)C2CC2)cc1. The lowest BCUT2D eigenvalue weighted by Gasteiger charge is -2.30. The topological polar surface area (TPSA) is 29.5 Å². The summed E-state index contributed by atoms with van der Waals surface area (Å²) in [6, 6.07) is 11.9. The van der Waals surface area contributed by atoms with Crippen molar-refractivity contribution in [2.24, 2.45) is 5.92 Å². The van der Waals surface area contributed by atoms with E-state index >= 15 is 0 Å². The van der Waals surface area contributed by atoms with Crippen LogP contribution in [0.4, 0.5) is 5.69 Å². The predicted molar refractivity (Wildman–Crippen MR) is 100 cm³/mol. The Kier molecular flexibility index (Phi) is 5.47. The van der Waals surface area contributed by atoms with E-state index in [4.69, 9.17) is 16.3 Å². The fourth-order valence-electron chi connectivity index (χ4n) is 2.98. The van der Waals surface area contributed by atoms with Crippen LogP contribution in [-0.2, 0) is 11.2 Å². The van der Waals surface area contributed by atoms with E-state index in [1.54, 1.807) is 18.4 Å². The summed E-state index contributed by atoms with van der Waals surface area (Å²) in [5, 5.41) is 0. The van der Waals surface area contributed by atoms with Crippen molar-refractivity contribution in [3.8, 4) is 5.75 Å². The molecule has 1 fully saturated rings. The zero-order chi connectivity index (χ0) is 17.1. The summed E-state index contributed by atoms with van der Waals surface area (Å²) in [4.78, 5) is 16.0. The van der Waals surface area contributed by atoms with Gasteiger partial charge in [0, 0.05) is 23.0 Å². The van der Waals surface area contributed by atoms with Crippen molar-refractivity contribution in [1.82, 2.24) is 0 Å². The Morgan fingerprint density at radius 2 is 2.00 bits per heavy atom. The van der Waals surface area contributed by atoms with Crippen molar-refractivity contribution in [3.63, 3.8) is 0 Å². The van der Waals surface area contributed by atoms with Crippen LogP contribution in [0.3, 0.4) is 0 Å². The molecule has 0 saturated heterocycles. The lowest BCUT2D eigenvalue weighted by atomic mass is 10.1.